The summed E-state index contributed by atoms with van der Waals surface area (Å²) in [6.07, 6.45) is 0. The molecule has 1 saturated heterocycles. The van der Waals surface area contributed by atoms with Gasteiger partial charge in [0.2, 0.25) is 11.8 Å². The summed E-state index contributed by atoms with van der Waals surface area (Å²) in [6.45, 7) is 8.75. The van der Waals surface area contributed by atoms with Crippen molar-refractivity contribution in [2.24, 2.45) is 0 Å². The van der Waals surface area contributed by atoms with Crippen molar-refractivity contribution in [2.45, 2.75) is 33.4 Å². The Morgan fingerprint density at radius 1 is 1.26 bits per heavy atom. The first kappa shape index (κ1) is 19.2. The summed E-state index contributed by atoms with van der Waals surface area (Å²) in [7, 11) is 3.20. The Labute approximate surface area is 159 Å². The van der Waals surface area contributed by atoms with E-state index >= 15 is 0 Å². The Bertz CT molecular complexity index is 818. The SMILES string of the molecule is CCN1CCN(Cc2nc(-c3cccc(OC)c3OC)oc2C)[C@@H](C)C1=O. The maximum atomic E-state index is 12.4. The summed E-state index contributed by atoms with van der Waals surface area (Å²) in [5.41, 5.74) is 1.57. The van der Waals surface area contributed by atoms with Crippen LogP contribution in [0.2, 0.25) is 0 Å². The molecule has 1 aromatic carbocycles. The van der Waals surface area contributed by atoms with E-state index in [0.717, 1.165) is 36.7 Å². The molecule has 27 heavy (non-hydrogen) atoms. The topological polar surface area (TPSA) is 68.0 Å². The molecule has 0 radical (unpaired) electrons. The van der Waals surface area contributed by atoms with E-state index in [1.807, 2.05) is 43.9 Å². The molecule has 0 saturated carbocycles. The zero-order valence-electron chi connectivity index (χ0n) is 16.6. The fraction of sp³-hybridized carbons (Fsp3) is 0.500. The first-order valence-electron chi connectivity index (χ1n) is 9.20. The summed E-state index contributed by atoms with van der Waals surface area (Å²) in [5, 5.41) is 0. The van der Waals surface area contributed by atoms with Crippen LogP contribution in [-0.4, -0.2) is 60.6 Å². The summed E-state index contributed by atoms with van der Waals surface area (Å²) in [6, 6.07) is 5.44. The Morgan fingerprint density at radius 2 is 2.04 bits per heavy atom. The second kappa shape index (κ2) is 8.00. The number of hydrogen-bond donors (Lipinski definition) is 0. The summed E-state index contributed by atoms with van der Waals surface area (Å²) in [5.74, 6) is 2.62. The first-order chi connectivity index (χ1) is 13.0. The molecular formula is C20H27N3O4. The van der Waals surface area contributed by atoms with Crippen LogP contribution in [-0.2, 0) is 11.3 Å². The number of carbonyl (C=O) groups is 1. The number of piperazine rings is 1. The Kier molecular flexibility index (Phi) is 5.70. The van der Waals surface area contributed by atoms with E-state index in [1.54, 1.807) is 14.2 Å². The van der Waals surface area contributed by atoms with Crippen molar-refractivity contribution in [3.05, 3.63) is 29.7 Å². The van der Waals surface area contributed by atoms with E-state index in [1.165, 1.54) is 0 Å². The minimum atomic E-state index is -0.162. The van der Waals surface area contributed by atoms with E-state index in [2.05, 4.69) is 9.88 Å². The van der Waals surface area contributed by atoms with Crippen LogP contribution in [0.15, 0.2) is 22.6 Å². The molecule has 1 fully saturated rings. The number of methoxy groups -OCH3 is 2. The molecule has 0 aliphatic carbocycles. The number of rotatable bonds is 6. The van der Waals surface area contributed by atoms with Gasteiger partial charge >= 0.3 is 0 Å². The zero-order chi connectivity index (χ0) is 19.6. The highest BCUT2D eigenvalue weighted by atomic mass is 16.5. The zero-order valence-corrected chi connectivity index (χ0v) is 16.6. The third kappa shape index (κ3) is 3.64. The molecule has 1 aliphatic rings. The lowest BCUT2D eigenvalue weighted by Crippen LogP contribution is -2.55. The van der Waals surface area contributed by atoms with Gasteiger partial charge in [-0.25, -0.2) is 4.98 Å². The van der Waals surface area contributed by atoms with Gasteiger partial charge in [-0.1, -0.05) is 6.07 Å². The van der Waals surface area contributed by atoms with Crippen molar-refractivity contribution in [3.8, 4) is 23.0 Å². The highest BCUT2D eigenvalue weighted by Crippen LogP contribution is 2.38. The maximum Gasteiger partial charge on any atom is 0.239 e. The lowest BCUT2D eigenvalue weighted by Gasteiger charge is -2.38. The standard InChI is InChI=1S/C20H27N3O4/c1-6-22-10-11-23(13(2)20(22)24)12-16-14(3)27-19(21-16)15-8-7-9-17(25-4)18(15)26-5/h7-9,13H,6,10-12H2,1-5H3/t13-/m0/s1. The highest BCUT2D eigenvalue weighted by molar-refractivity contribution is 5.82. The smallest absolute Gasteiger partial charge is 0.239 e. The van der Waals surface area contributed by atoms with Gasteiger partial charge in [-0.2, -0.15) is 0 Å². The van der Waals surface area contributed by atoms with Crippen LogP contribution < -0.4 is 9.47 Å². The highest BCUT2D eigenvalue weighted by Gasteiger charge is 2.31. The number of benzene rings is 1. The molecular weight excluding hydrogens is 346 g/mol. The van der Waals surface area contributed by atoms with E-state index in [9.17, 15) is 4.79 Å². The van der Waals surface area contributed by atoms with Gasteiger partial charge in [0.1, 0.15) is 5.76 Å². The number of carbonyl (C=O) groups excluding carboxylic acids is 1. The van der Waals surface area contributed by atoms with Crippen molar-refractivity contribution in [1.82, 2.24) is 14.8 Å². The number of ether oxygens (including phenoxy) is 2. The number of aryl methyl sites for hydroxylation is 1. The summed E-state index contributed by atoms with van der Waals surface area (Å²) >= 11 is 0. The first-order valence-corrected chi connectivity index (χ1v) is 9.20. The molecule has 7 nitrogen and oxygen atoms in total. The molecule has 1 aliphatic heterocycles. The van der Waals surface area contributed by atoms with Crippen molar-refractivity contribution in [1.29, 1.82) is 0 Å². The minimum Gasteiger partial charge on any atom is -0.493 e. The number of hydrogen-bond acceptors (Lipinski definition) is 6. The van der Waals surface area contributed by atoms with Crippen molar-refractivity contribution < 1.29 is 18.7 Å². The largest absolute Gasteiger partial charge is 0.493 e. The number of oxazole rings is 1. The van der Waals surface area contributed by atoms with Crippen molar-refractivity contribution in [2.75, 3.05) is 33.9 Å². The molecule has 1 atom stereocenters. The molecule has 1 amide bonds. The van der Waals surface area contributed by atoms with Crippen molar-refractivity contribution in [3.63, 3.8) is 0 Å². The number of nitrogens with zero attached hydrogens (tertiary/aromatic N) is 3. The van der Waals surface area contributed by atoms with E-state index in [0.29, 0.717) is 23.9 Å². The van der Waals surface area contributed by atoms with Gasteiger partial charge in [0.25, 0.3) is 0 Å². The van der Waals surface area contributed by atoms with Crippen LogP contribution in [0.5, 0.6) is 11.5 Å². The maximum absolute atomic E-state index is 12.4. The average Bonchev–Trinajstić information content (AvgIpc) is 3.05. The van der Waals surface area contributed by atoms with Gasteiger partial charge in [0.05, 0.1) is 31.5 Å². The van der Waals surface area contributed by atoms with Gasteiger partial charge in [-0.05, 0) is 32.9 Å². The fourth-order valence-corrected chi connectivity index (χ4v) is 3.44. The van der Waals surface area contributed by atoms with E-state index in [4.69, 9.17) is 13.9 Å². The normalized spacial score (nSPS) is 18.0. The van der Waals surface area contributed by atoms with Crippen LogP contribution in [0, 0.1) is 6.92 Å². The molecule has 3 rings (SSSR count). The van der Waals surface area contributed by atoms with Gasteiger partial charge in [0.15, 0.2) is 11.5 Å². The van der Waals surface area contributed by atoms with Crippen LogP contribution in [0.3, 0.4) is 0 Å². The third-order valence-electron chi connectivity index (χ3n) is 5.13. The summed E-state index contributed by atoms with van der Waals surface area (Å²) < 4.78 is 16.8. The Balaban J connectivity index is 1.85. The molecule has 7 heteroatoms. The van der Waals surface area contributed by atoms with Crippen molar-refractivity contribution >= 4 is 5.91 Å². The fourth-order valence-electron chi connectivity index (χ4n) is 3.44. The quantitative estimate of drug-likeness (QED) is 0.776. The minimum absolute atomic E-state index is 0.162. The predicted octanol–water partition coefficient (Wildman–Crippen LogP) is 2.72. The average molecular weight is 373 g/mol. The number of aromatic nitrogens is 1. The molecule has 2 heterocycles. The molecule has 2 aromatic rings. The second-order valence-corrected chi connectivity index (χ2v) is 6.63. The van der Waals surface area contributed by atoms with E-state index < -0.39 is 0 Å². The predicted molar refractivity (Wildman–Crippen MR) is 102 cm³/mol. The molecule has 0 spiro atoms. The number of para-hydroxylation sites is 1. The van der Waals surface area contributed by atoms with Gasteiger partial charge < -0.3 is 18.8 Å². The monoisotopic (exact) mass is 373 g/mol. The van der Waals surface area contributed by atoms with Crippen LogP contribution in [0.1, 0.15) is 25.3 Å². The Morgan fingerprint density at radius 3 is 2.70 bits per heavy atom. The van der Waals surface area contributed by atoms with Crippen LogP contribution in [0.4, 0.5) is 0 Å². The summed E-state index contributed by atoms with van der Waals surface area (Å²) in [4.78, 5) is 21.2. The lowest BCUT2D eigenvalue weighted by atomic mass is 10.1. The van der Waals surface area contributed by atoms with Gasteiger partial charge in [0, 0.05) is 26.2 Å². The molecule has 1 aromatic heterocycles. The molecule has 146 valence electrons. The van der Waals surface area contributed by atoms with E-state index in [-0.39, 0.29) is 11.9 Å². The van der Waals surface area contributed by atoms with Gasteiger partial charge in [-0.15, -0.1) is 0 Å². The van der Waals surface area contributed by atoms with Crippen LogP contribution >= 0.6 is 0 Å². The third-order valence-corrected chi connectivity index (χ3v) is 5.13. The number of likely N-dealkylation sites (N-methyl/N-ethyl adjacent to an activating group) is 1. The van der Waals surface area contributed by atoms with Crippen LogP contribution in [0.25, 0.3) is 11.5 Å². The number of amides is 1. The molecule has 0 unspecified atom stereocenters. The van der Waals surface area contributed by atoms with Gasteiger partial charge in [-0.3, -0.25) is 9.69 Å². The second-order valence-electron chi connectivity index (χ2n) is 6.63. The molecule has 0 bridgehead atoms. The molecule has 0 N–H and O–H groups in total. The lowest BCUT2D eigenvalue weighted by molar-refractivity contribution is -0.141. The Hall–Kier alpha value is -2.54.